The number of aromatic hydroxyl groups is 1. The van der Waals surface area contributed by atoms with Gasteiger partial charge in [0, 0.05) is 13.6 Å². The molecule has 1 saturated carbocycles. The smallest absolute Gasteiger partial charge is 0.257 e. The number of fused-ring (bicyclic) bond motifs is 1. The van der Waals surface area contributed by atoms with Crippen LogP contribution >= 0.6 is 0 Å². The van der Waals surface area contributed by atoms with Gasteiger partial charge in [-0.1, -0.05) is 24.3 Å². The number of hydrogen-bond acceptors (Lipinski definition) is 2. The summed E-state index contributed by atoms with van der Waals surface area (Å²) in [6, 6.07) is 11.2. The number of rotatable bonds is 3. The Morgan fingerprint density at radius 2 is 1.89 bits per heavy atom. The number of phenolic OH excluding ortho intramolecular Hbond substituents is 1. The van der Waals surface area contributed by atoms with E-state index in [1.807, 2.05) is 24.3 Å². The molecule has 0 bridgehead atoms. The van der Waals surface area contributed by atoms with Gasteiger partial charge in [0.25, 0.3) is 5.91 Å². The van der Waals surface area contributed by atoms with Crippen molar-refractivity contribution in [2.75, 3.05) is 13.6 Å². The molecule has 0 aromatic heterocycles. The third-order valence-electron chi connectivity index (χ3n) is 3.67. The first-order valence-corrected chi connectivity index (χ1v) is 6.62. The van der Waals surface area contributed by atoms with Crippen molar-refractivity contribution in [3.63, 3.8) is 0 Å². The third kappa shape index (κ3) is 2.41. The molecule has 2 aromatic rings. The summed E-state index contributed by atoms with van der Waals surface area (Å²) < 4.78 is 0. The van der Waals surface area contributed by atoms with Crippen LogP contribution in [0.25, 0.3) is 10.8 Å². The molecule has 2 aromatic carbocycles. The van der Waals surface area contributed by atoms with E-state index in [0.29, 0.717) is 11.5 Å². The zero-order chi connectivity index (χ0) is 13.4. The molecule has 0 aliphatic heterocycles. The Balaban J connectivity index is 1.94. The van der Waals surface area contributed by atoms with E-state index in [4.69, 9.17) is 0 Å². The van der Waals surface area contributed by atoms with Crippen LogP contribution in [-0.2, 0) is 0 Å². The van der Waals surface area contributed by atoms with Gasteiger partial charge < -0.3 is 10.0 Å². The lowest BCUT2D eigenvalue weighted by atomic mass is 10.0. The maximum absolute atomic E-state index is 12.3. The molecule has 3 rings (SSSR count). The highest BCUT2D eigenvalue weighted by atomic mass is 16.3. The Kier molecular flexibility index (Phi) is 2.90. The van der Waals surface area contributed by atoms with Crippen molar-refractivity contribution < 1.29 is 9.90 Å². The maximum Gasteiger partial charge on any atom is 0.257 e. The van der Waals surface area contributed by atoms with Crippen LogP contribution in [0.15, 0.2) is 36.4 Å². The topological polar surface area (TPSA) is 40.5 Å². The third-order valence-corrected chi connectivity index (χ3v) is 3.67. The summed E-state index contributed by atoms with van der Waals surface area (Å²) in [7, 11) is 1.80. The second-order valence-electron chi connectivity index (χ2n) is 5.35. The van der Waals surface area contributed by atoms with E-state index in [2.05, 4.69) is 0 Å². The second kappa shape index (κ2) is 4.57. The number of hydrogen-bond donors (Lipinski definition) is 1. The average Bonchev–Trinajstić information content (AvgIpc) is 3.21. The van der Waals surface area contributed by atoms with Crippen LogP contribution in [0.3, 0.4) is 0 Å². The van der Waals surface area contributed by atoms with Crippen molar-refractivity contribution in [1.82, 2.24) is 4.90 Å². The molecule has 98 valence electrons. The molecule has 0 atom stereocenters. The Morgan fingerprint density at radius 1 is 1.26 bits per heavy atom. The minimum Gasteiger partial charge on any atom is -0.507 e. The quantitative estimate of drug-likeness (QED) is 0.915. The number of carbonyl (C=O) groups excluding carboxylic acids is 1. The first-order chi connectivity index (χ1) is 9.15. The second-order valence-corrected chi connectivity index (χ2v) is 5.35. The van der Waals surface area contributed by atoms with Crippen LogP contribution in [0.5, 0.6) is 5.75 Å². The Morgan fingerprint density at radius 3 is 2.53 bits per heavy atom. The van der Waals surface area contributed by atoms with Gasteiger partial charge in [-0.2, -0.15) is 0 Å². The van der Waals surface area contributed by atoms with E-state index < -0.39 is 0 Å². The molecule has 0 radical (unpaired) electrons. The standard InChI is InChI=1S/C16H17NO2/c1-17(10-11-6-7-11)16(19)14-8-12-4-2-3-5-13(12)9-15(14)18/h2-5,8-9,11,18H,6-7,10H2,1H3. The van der Waals surface area contributed by atoms with Crippen LogP contribution in [0.1, 0.15) is 23.2 Å². The number of carbonyl (C=O) groups is 1. The molecule has 0 heterocycles. The van der Waals surface area contributed by atoms with Crippen molar-refractivity contribution in [2.24, 2.45) is 5.92 Å². The zero-order valence-corrected chi connectivity index (χ0v) is 11.0. The van der Waals surface area contributed by atoms with Crippen molar-refractivity contribution >= 4 is 16.7 Å². The molecular formula is C16H17NO2. The average molecular weight is 255 g/mol. The monoisotopic (exact) mass is 255 g/mol. The van der Waals surface area contributed by atoms with E-state index in [-0.39, 0.29) is 11.7 Å². The Hall–Kier alpha value is -2.03. The molecule has 0 unspecified atom stereocenters. The molecule has 1 fully saturated rings. The van der Waals surface area contributed by atoms with Gasteiger partial charge in [-0.05, 0) is 41.7 Å². The van der Waals surface area contributed by atoms with Crippen LogP contribution in [0.4, 0.5) is 0 Å². The number of benzene rings is 2. The van der Waals surface area contributed by atoms with Gasteiger partial charge in [-0.3, -0.25) is 4.79 Å². The Bertz CT molecular complexity index is 632. The van der Waals surface area contributed by atoms with Crippen LogP contribution < -0.4 is 0 Å². The normalized spacial score (nSPS) is 14.6. The van der Waals surface area contributed by atoms with Crippen molar-refractivity contribution in [2.45, 2.75) is 12.8 Å². The van der Waals surface area contributed by atoms with Gasteiger partial charge in [0.05, 0.1) is 5.56 Å². The van der Waals surface area contributed by atoms with Gasteiger partial charge in [-0.25, -0.2) is 0 Å². The summed E-state index contributed by atoms with van der Waals surface area (Å²) in [5.74, 6) is 0.609. The van der Waals surface area contributed by atoms with Crippen LogP contribution in [-0.4, -0.2) is 29.5 Å². The molecule has 19 heavy (non-hydrogen) atoms. The van der Waals surface area contributed by atoms with Crippen LogP contribution in [0.2, 0.25) is 0 Å². The van der Waals surface area contributed by atoms with Crippen LogP contribution in [0, 0.1) is 5.92 Å². The Labute approximate surface area is 112 Å². The predicted octanol–water partition coefficient (Wildman–Crippen LogP) is 3.03. The lowest BCUT2D eigenvalue weighted by Gasteiger charge is -2.17. The lowest BCUT2D eigenvalue weighted by Crippen LogP contribution is -2.28. The highest BCUT2D eigenvalue weighted by molar-refractivity contribution is 6.01. The number of nitrogens with zero attached hydrogens (tertiary/aromatic N) is 1. The molecule has 3 nitrogen and oxygen atoms in total. The van der Waals surface area contributed by atoms with Gasteiger partial charge in [-0.15, -0.1) is 0 Å². The summed E-state index contributed by atoms with van der Waals surface area (Å²) in [6.45, 7) is 0.783. The summed E-state index contributed by atoms with van der Waals surface area (Å²) in [6.07, 6.45) is 2.42. The largest absolute Gasteiger partial charge is 0.507 e. The van der Waals surface area contributed by atoms with E-state index >= 15 is 0 Å². The van der Waals surface area contributed by atoms with E-state index in [1.165, 1.54) is 12.8 Å². The summed E-state index contributed by atoms with van der Waals surface area (Å²) >= 11 is 0. The highest BCUT2D eigenvalue weighted by Crippen LogP contribution is 2.31. The molecule has 3 heteroatoms. The molecular weight excluding hydrogens is 238 g/mol. The fraction of sp³-hybridized carbons (Fsp3) is 0.312. The molecule has 1 N–H and O–H groups in total. The lowest BCUT2D eigenvalue weighted by molar-refractivity contribution is 0.0786. The number of phenols is 1. The van der Waals surface area contributed by atoms with Gasteiger partial charge in [0.1, 0.15) is 5.75 Å². The zero-order valence-electron chi connectivity index (χ0n) is 11.0. The molecule has 1 aliphatic carbocycles. The van der Waals surface area contributed by atoms with Gasteiger partial charge in [0.15, 0.2) is 0 Å². The first-order valence-electron chi connectivity index (χ1n) is 6.62. The first kappa shape index (κ1) is 12.0. The minimum absolute atomic E-state index is 0.0614. The van der Waals surface area contributed by atoms with Gasteiger partial charge >= 0.3 is 0 Å². The fourth-order valence-corrected chi connectivity index (χ4v) is 2.38. The number of amides is 1. The molecule has 0 saturated heterocycles. The minimum atomic E-state index is -0.102. The predicted molar refractivity (Wildman–Crippen MR) is 75.3 cm³/mol. The fourth-order valence-electron chi connectivity index (χ4n) is 2.38. The van der Waals surface area contributed by atoms with Crippen molar-refractivity contribution in [3.05, 3.63) is 42.0 Å². The maximum atomic E-state index is 12.3. The summed E-state index contributed by atoms with van der Waals surface area (Å²) in [5, 5.41) is 12.0. The summed E-state index contributed by atoms with van der Waals surface area (Å²) in [4.78, 5) is 14.0. The SMILES string of the molecule is CN(CC1CC1)C(=O)c1cc2ccccc2cc1O. The van der Waals surface area contributed by atoms with E-state index in [0.717, 1.165) is 17.3 Å². The molecule has 1 amide bonds. The van der Waals surface area contributed by atoms with Crippen molar-refractivity contribution in [3.8, 4) is 5.75 Å². The molecule has 1 aliphatic rings. The molecule has 0 spiro atoms. The summed E-state index contributed by atoms with van der Waals surface area (Å²) in [5.41, 5.74) is 0.391. The van der Waals surface area contributed by atoms with E-state index in [9.17, 15) is 9.90 Å². The van der Waals surface area contributed by atoms with E-state index in [1.54, 1.807) is 24.1 Å². The highest BCUT2D eigenvalue weighted by Gasteiger charge is 2.26. The van der Waals surface area contributed by atoms with Crippen molar-refractivity contribution in [1.29, 1.82) is 0 Å². The van der Waals surface area contributed by atoms with Gasteiger partial charge in [0.2, 0.25) is 0 Å².